The lowest BCUT2D eigenvalue weighted by atomic mass is 10.1. The van der Waals surface area contributed by atoms with Crippen LogP contribution < -0.4 is 5.32 Å². The van der Waals surface area contributed by atoms with Crippen LogP contribution in [0.1, 0.15) is 41.3 Å². The Morgan fingerprint density at radius 3 is 2.76 bits per heavy atom. The van der Waals surface area contributed by atoms with Crippen molar-refractivity contribution >= 4 is 23.3 Å². The molecular weight excluding hydrogens is 342 g/mol. The van der Waals surface area contributed by atoms with Crippen molar-refractivity contribution in [3.63, 3.8) is 0 Å². The van der Waals surface area contributed by atoms with Gasteiger partial charge in [0.15, 0.2) is 0 Å². The first kappa shape index (κ1) is 17.7. The molecule has 2 aromatic rings. The number of anilines is 1. The Kier molecular flexibility index (Phi) is 5.55. The summed E-state index contributed by atoms with van der Waals surface area (Å²) in [5.74, 6) is 0.413. The SMILES string of the molecule is Cn1cc(C(O)CNc2ncc(C(=O)N3CCCCC3)cc2Cl)cn1. The number of aliphatic hydroxyl groups is 1. The number of hydrogen-bond acceptors (Lipinski definition) is 5. The molecule has 0 aromatic carbocycles. The highest BCUT2D eigenvalue weighted by molar-refractivity contribution is 6.33. The molecule has 8 heteroatoms. The lowest BCUT2D eigenvalue weighted by Gasteiger charge is -2.26. The van der Waals surface area contributed by atoms with Crippen molar-refractivity contribution < 1.29 is 9.90 Å². The van der Waals surface area contributed by atoms with Gasteiger partial charge in [-0.1, -0.05) is 11.6 Å². The summed E-state index contributed by atoms with van der Waals surface area (Å²) in [4.78, 5) is 18.6. The van der Waals surface area contributed by atoms with Gasteiger partial charge in [0.25, 0.3) is 5.91 Å². The molecule has 1 aliphatic rings. The van der Waals surface area contributed by atoms with Crippen molar-refractivity contribution in [3.05, 3.63) is 40.8 Å². The van der Waals surface area contributed by atoms with Crippen LogP contribution in [0.5, 0.6) is 0 Å². The van der Waals surface area contributed by atoms with E-state index < -0.39 is 6.10 Å². The molecule has 0 bridgehead atoms. The first-order valence-corrected chi connectivity index (χ1v) is 8.77. The van der Waals surface area contributed by atoms with Gasteiger partial charge in [-0.2, -0.15) is 5.10 Å². The Morgan fingerprint density at radius 2 is 2.12 bits per heavy atom. The molecule has 0 aliphatic carbocycles. The van der Waals surface area contributed by atoms with Crippen molar-refractivity contribution in [2.45, 2.75) is 25.4 Å². The summed E-state index contributed by atoms with van der Waals surface area (Å²) in [5, 5.41) is 17.6. The fourth-order valence-corrected chi connectivity index (χ4v) is 3.12. The van der Waals surface area contributed by atoms with E-state index in [1.54, 1.807) is 30.2 Å². The monoisotopic (exact) mass is 363 g/mol. The third-order valence-corrected chi connectivity index (χ3v) is 4.59. The average Bonchev–Trinajstić information content (AvgIpc) is 3.07. The molecule has 1 saturated heterocycles. The van der Waals surface area contributed by atoms with E-state index in [1.165, 1.54) is 12.6 Å². The maximum Gasteiger partial charge on any atom is 0.255 e. The maximum absolute atomic E-state index is 12.5. The van der Waals surface area contributed by atoms with Crippen molar-refractivity contribution in [1.29, 1.82) is 0 Å². The smallest absolute Gasteiger partial charge is 0.255 e. The number of aryl methyl sites for hydroxylation is 1. The minimum Gasteiger partial charge on any atom is -0.386 e. The van der Waals surface area contributed by atoms with Gasteiger partial charge in [-0.3, -0.25) is 9.48 Å². The fraction of sp³-hybridized carbons (Fsp3) is 0.471. The second kappa shape index (κ2) is 7.84. The number of likely N-dealkylation sites (tertiary alicyclic amines) is 1. The molecule has 2 aromatic heterocycles. The molecular formula is C17H22ClN5O2. The van der Waals surface area contributed by atoms with Crippen LogP contribution in [0.3, 0.4) is 0 Å². The minimum absolute atomic E-state index is 0.0314. The van der Waals surface area contributed by atoms with E-state index in [0.717, 1.165) is 25.9 Å². The van der Waals surface area contributed by atoms with E-state index >= 15 is 0 Å². The number of carbonyl (C=O) groups excluding carboxylic acids is 1. The predicted molar refractivity (Wildman–Crippen MR) is 95.7 cm³/mol. The molecule has 3 rings (SSSR count). The van der Waals surface area contributed by atoms with Gasteiger partial charge in [-0.15, -0.1) is 0 Å². The van der Waals surface area contributed by atoms with Gasteiger partial charge in [0.05, 0.1) is 22.9 Å². The van der Waals surface area contributed by atoms with E-state index in [0.29, 0.717) is 22.0 Å². The lowest BCUT2D eigenvalue weighted by molar-refractivity contribution is 0.0724. The molecule has 0 radical (unpaired) electrons. The molecule has 0 spiro atoms. The van der Waals surface area contributed by atoms with Crippen LogP contribution in [-0.4, -0.2) is 50.3 Å². The zero-order valence-corrected chi connectivity index (χ0v) is 14.9. The summed E-state index contributed by atoms with van der Waals surface area (Å²) >= 11 is 6.25. The normalized spacial score (nSPS) is 15.9. The highest BCUT2D eigenvalue weighted by Crippen LogP contribution is 2.23. The van der Waals surface area contributed by atoms with E-state index in [4.69, 9.17) is 11.6 Å². The molecule has 1 amide bonds. The number of rotatable bonds is 5. The van der Waals surface area contributed by atoms with E-state index in [2.05, 4.69) is 15.4 Å². The second-order valence-corrected chi connectivity index (χ2v) is 6.66. The Morgan fingerprint density at radius 1 is 1.36 bits per heavy atom. The predicted octanol–water partition coefficient (Wildman–Crippen LogP) is 2.24. The van der Waals surface area contributed by atoms with Gasteiger partial charge in [0, 0.05) is 44.6 Å². The van der Waals surface area contributed by atoms with Crippen LogP contribution in [0.2, 0.25) is 5.02 Å². The third kappa shape index (κ3) is 4.29. The summed E-state index contributed by atoms with van der Waals surface area (Å²) in [6.45, 7) is 1.82. The Labute approximate surface area is 151 Å². The molecule has 1 fully saturated rings. The first-order chi connectivity index (χ1) is 12.0. The number of aliphatic hydroxyl groups excluding tert-OH is 1. The molecule has 1 aliphatic heterocycles. The summed E-state index contributed by atoms with van der Waals surface area (Å²) in [6, 6.07) is 1.63. The Hall–Kier alpha value is -2.12. The molecule has 1 unspecified atom stereocenters. The summed E-state index contributed by atoms with van der Waals surface area (Å²) in [6.07, 6.45) is 7.43. The number of aromatic nitrogens is 3. The van der Waals surface area contributed by atoms with E-state index in [9.17, 15) is 9.90 Å². The van der Waals surface area contributed by atoms with E-state index in [1.807, 2.05) is 4.90 Å². The van der Waals surface area contributed by atoms with Crippen LogP contribution in [0.15, 0.2) is 24.7 Å². The standard InChI is InChI=1S/C17H22ClN5O2/c1-22-11-13(9-21-22)15(24)10-20-16-14(18)7-12(8-19-16)17(25)23-5-3-2-4-6-23/h7-9,11,15,24H,2-6,10H2,1H3,(H,19,20). The number of piperidine rings is 1. The first-order valence-electron chi connectivity index (χ1n) is 8.40. The van der Waals surface area contributed by atoms with Gasteiger partial charge in [-0.05, 0) is 25.3 Å². The highest BCUT2D eigenvalue weighted by Gasteiger charge is 2.19. The minimum atomic E-state index is -0.721. The molecule has 7 nitrogen and oxygen atoms in total. The van der Waals surface area contributed by atoms with Gasteiger partial charge in [-0.25, -0.2) is 4.98 Å². The fourth-order valence-electron chi connectivity index (χ4n) is 2.89. The Bertz CT molecular complexity index is 742. The number of nitrogens with zero attached hydrogens (tertiary/aromatic N) is 4. The quantitative estimate of drug-likeness (QED) is 0.851. The zero-order chi connectivity index (χ0) is 17.8. The lowest BCUT2D eigenvalue weighted by Crippen LogP contribution is -2.35. The van der Waals surface area contributed by atoms with Crippen LogP contribution in [0.25, 0.3) is 0 Å². The largest absolute Gasteiger partial charge is 0.386 e. The number of halogens is 1. The summed E-state index contributed by atoms with van der Waals surface area (Å²) < 4.78 is 1.63. The topological polar surface area (TPSA) is 83.3 Å². The van der Waals surface area contributed by atoms with E-state index in [-0.39, 0.29) is 12.5 Å². The van der Waals surface area contributed by atoms with Gasteiger partial charge < -0.3 is 15.3 Å². The maximum atomic E-state index is 12.5. The number of amides is 1. The zero-order valence-electron chi connectivity index (χ0n) is 14.2. The van der Waals surface area contributed by atoms with Crippen LogP contribution in [0, 0.1) is 0 Å². The average molecular weight is 364 g/mol. The Balaban J connectivity index is 1.62. The van der Waals surface area contributed by atoms with Gasteiger partial charge in [0.2, 0.25) is 0 Å². The number of nitrogens with one attached hydrogen (secondary N) is 1. The van der Waals surface area contributed by atoms with Crippen LogP contribution in [0.4, 0.5) is 5.82 Å². The second-order valence-electron chi connectivity index (χ2n) is 6.25. The molecule has 3 heterocycles. The number of hydrogen-bond donors (Lipinski definition) is 2. The molecule has 25 heavy (non-hydrogen) atoms. The summed E-state index contributed by atoms with van der Waals surface area (Å²) in [7, 11) is 1.79. The summed E-state index contributed by atoms with van der Waals surface area (Å²) in [5.41, 5.74) is 1.20. The molecule has 2 N–H and O–H groups in total. The molecule has 134 valence electrons. The van der Waals surface area contributed by atoms with Crippen molar-refractivity contribution in [2.24, 2.45) is 7.05 Å². The van der Waals surface area contributed by atoms with Crippen molar-refractivity contribution in [2.75, 3.05) is 25.0 Å². The van der Waals surface area contributed by atoms with Crippen LogP contribution >= 0.6 is 11.6 Å². The highest BCUT2D eigenvalue weighted by atomic mass is 35.5. The number of pyridine rings is 1. The number of carbonyl (C=O) groups is 1. The van der Waals surface area contributed by atoms with Gasteiger partial charge >= 0.3 is 0 Å². The van der Waals surface area contributed by atoms with Crippen molar-refractivity contribution in [3.8, 4) is 0 Å². The third-order valence-electron chi connectivity index (χ3n) is 4.30. The van der Waals surface area contributed by atoms with Gasteiger partial charge in [0.1, 0.15) is 5.82 Å². The van der Waals surface area contributed by atoms with Crippen LogP contribution in [-0.2, 0) is 7.05 Å². The molecule has 1 atom stereocenters. The van der Waals surface area contributed by atoms with Crippen molar-refractivity contribution in [1.82, 2.24) is 19.7 Å². The molecule has 0 saturated carbocycles.